The molecule has 1 atom stereocenters. The van der Waals surface area contributed by atoms with Gasteiger partial charge in [-0.3, -0.25) is 4.90 Å². The van der Waals surface area contributed by atoms with Crippen LogP contribution >= 0.6 is 0 Å². The van der Waals surface area contributed by atoms with Crippen LogP contribution in [0.25, 0.3) is 0 Å². The minimum absolute atomic E-state index is 0.0713. The van der Waals surface area contributed by atoms with E-state index in [0.717, 1.165) is 19.6 Å². The van der Waals surface area contributed by atoms with Crippen molar-refractivity contribution in [2.24, 2.45) is 0 Å². The second-order valence-corrected chi connectivity index (χ2v) is 3.48. The van der Waals surface area contributed by atoms with Crippen molar-refractivity contribution in [1.29, 1.82) is 0 Å². The van der Waals surface area contributed by atoms with Gasteiger partial charge >= 0.3 is 0 Å². The summed E-state index contributed by atoms with van der Waals surface area (Å²) < 4.78 is 24.0. The molecule has 1 rings (SSSR count). The Bertz CT molecular complexity index is 141. The molecule has 0 radical (unpaired) electrons. The summed E-state index contributed by atoms with van der Waals surface area (Å²) in [6.45, 7) is 4.43. The van der Waals surface area contributed by atoms with E-state index in [-0.39, 0.29) is 6.54 Å². The van der Waals surface area contributed by atoms with Crippen molar-refractivity contribution in [3.05, 3.63) is 0 Å². The molecule has 72 valence electrons. The summed E-state index contributed by atoms with van der Waals surface area (Å²) in [4.78, 5) is 4.03. The topological polar surface area (TPSA) is 6.48 Å². The van der Waals surface area contributed by atoms with E-state index in [2.05, 4.69) is 11.8 Å². The van der Waals surface area contributed by atoms with Crippen molar-refractivity contribution in [1.82, 2.24) is 9.80 Å². The van der Waals surface area contributed by atoms with Crippen LogP contribution in [0.4, 0.5) is 8.78 Å². The zero-order valence-corrected chi connectivity index (χ0v) is 7.63. The number of rotatable bonds is 2. The van der Waals surface area contributed by atoms with Crippen molar-refractivity contribution < 1.29 is 8.78 Å². The molecule has 0 saturated carbocycles. The van der Waals surface area contributed by atoms with Crippen LogP contribution in [0.5, 0.6) is 0 Å². The van der Waals surface area contributed by atoms with Gasteiger partial charge in [0.05, 0.1) is 6.54 Å². The van der Waals surface area contributed by atoms with E-state index in [1.165, 1.54) is 0 Å². The number of likely N-dealkylation sites (N-methyl/N-ethyl adjacent to an activating group) is 1. The predicted molar refractivity (Wildman–Crippen MR) is 44.5 cm³/mol. The Kier molecular flexibility index (Phi) is 3.40. The lowest BCUT2D eigenvalue weighted by Crippen LogP contribution is -2.51. The monoisotopic (exact) mass is 178 g/mol. The normalized spacial score (nSPS) is 28.2. The van der Waals surface area contributed by atoms with Gasteiger partial charge in [-0.05, 0) is 14.0 Å². The first-order chi connectivity index (χ1) is 5.59. The number of piperazine rings is 1. The molecule has 0 bridgehead atoms. The molecule has 12 heavy (non-hydrogen) atoms. The maximum absolute atomic E-state index is 12.0. The highest BCUT2D eigenvalue weighted by Gasteiger charge is 2.22. The minimum Gasteiger partial charge on any atom is -0.301 e. The summed E-state index contributed by atoms with van der Waals surface area (Å²) in [5.41, 5.74) is 0. The van der Waals surface area contributed by atoms with E-state index in [1.54, 1.807) is 0 Å². The Morgan fingerprint density at radius 3 is 2.58 bits per heavy atom. The molecule has 1 aliphatic rings. The van der Waals surface area contributed by atoms with Crippen molar-refractivity contribution >= 4 is 0 Å². The summed E-state index contributed by atoms with van der Waals surface area (Å²) in [6, 6.07) is 0.400. The highest BCUT2D eigenvalue weighted by Crippen LogP contribution is 2.08. The largest absolute Gasteiger partial charge is 0.301 e. The molecule has 1 unspecified atom stereocenters. The van der Waals surface area contributed by atoms with E-state index < -0.39 is 6.43 Å². The minimum atomic E-state index is -2.19. The number of hydrogen-bond donors (Lipinski definition) is 0. The first-order valence-corrected chi connectivity index (χ1v) is 4.30. The molecule has 1 fully saturated rings. The van der Waals surface area contributed by atoms with Crippen LogP contribution in [-0.2, 0) is 0 Å². The molecule has 0 aliphatic carbocycles. The summed E-state index contributed by atoms with van der Waals surface area (Å²) >= 11 is 0. The van der Waals surface area contributed by atoms with E-state index in [1.807, 2.05) is 11.9 Å². The number of nitrogens with zero attached hydrogens (tertiary/aromatic N) is 2. The fourth-order valence-corrected chi connectivity index (χ4v) is 1.48. The molecule has 0 spiro atoms. The van der Waals surface area contributed by atoms with E-state index in [4.69, 9.17) is 0 Å². The number of halogens is 2. The molecular weight excluding hydrogens is 162 g/mol. The third-order valence-corrected chi connectivity index (χ3v) is 2.44. The smallest absolute Gasteiger partial charge is 0.251 e. The second-order valence-electron chi connectivity index (χ2n) is 3.48. The van der Waals surface area contributed by atoms with Gasteiger partial charge in [-0.1, -0.05) is 0 Å². The van der Waals surface area contributed by atoms with Gasteiger partial charge in [-0.15, -0.1) is 0 Å². The Morgan fingerprint density at radius 2 is 2.08 bits per heavy atom. The maximum Gasteiger partial charge on any atom is 0.251 e. The highest BCUT2D eigenvalue weighted by atomic mass is 19.3. The molecule has 4 heteroatoms. The van der Waals surface area contributed by atoms with Gasteiger partial charge in [0.2, 0.25) is 0 Å². The van der Waals surface area contributed by atoms with E-state index in [0.29, 0.717) is 6.04 Å². The Labute approximate surface area is 72.1 Å². The van der Waals surface area contributed by atoms with Crippen LogP contribution in [0, 0.1) is 0 Å². The number of alkyl halides is 2. The van der Waals surface area contributed by atoms with Crippen LogP contribution in [0.3, 0.4) is 0 Å². The van der Waals surface area contributed by atoms with Gasteiger partial charge in [0.15, 0.2) is 0 Å². The third-order valence-electron chi connectivity index (χ3n) is 2.44. The summed E-state index contributed by atoms with van der Waals surface area (Å²) in [7, 11) is 2.03. The summed E-state index contributed by atoms with van der Waals surface area (Å²) in [5, 5.41) is 0. The van der Waals surface area contributed by atoms with Crippen molar-refractivity contribution in [3.63, 3.8) is 0 Å². The molecule has 0 aromatic rings. The first kappa shape index (κ1) is 9.86. The lowest BCUT2D eigenvalue weighted by Gasteiger charge is -2.37. The van der Waals surface area contributed by atoms with Crippen LogP contribution in [0.1, 0.15) is 6.92 Å². The second kappa shape index (κ2) is 4.14. The fourth-order valence-electron chi connectivity index (χ4n) is 1.48. The molecule has 2 nitrogen and oxygen atoms in total. The van der Waals surface area contributed by atoms with E-state index in [9.17, 15) is 8.78 Å². The third kappa shape index (κ3) is 2.68. The van der Waals surface area contributed by atoms with Crippen molar-refractivity contribution in [2.45, 2.75) is 19.4 Å². The molecular formula is C8H16F2N2. The Hall–Kier alpha value is -0.220. The predicted octanol–water partition coefficient (Wildman–Crippen LogP) is 0.887. The first-order valence-electron chi connectivity index (χ1n) is 4.30. The SMILES string of the molecule is CC1CN(CC(F)F)CCN1C. The summed E-state index contributed by atoms with van der Waals surface area (Å²) in [6.07, 6.45) is -2.19. The van der Waals surface area contributed by atoms with Gasteiger partial charge in [-0.2, -0.15) is 0 Å². The average Bonchev–Trinajstić information content (AvgIpc) is 1.96. The molecule has 0 N–H and O–H groups in total. The molecule has 0 aromatic carbocycles. The lowest BCUT2D eigenvalue weighted by molar-refractivity contribution is 0.0430. The van der Waals surface area contributed by atoms with Gasteiger partial charge in [0.1, 0.15) is 0 Å². The van der Waals surface area contributed by atoms with Crippen molar-refractivity contribution in [3.8, 4) is 0 Å². The molecule has 1 heterocycles. The van der Waals surface area contributed by atoms with Crippen LogP contribution in [0.15, 0.2) is 0 Å². The zero-order chi connectivity index (χ0) is 9.14. The van der Waals surface area contributed by atoms with Crippen LogP contribution in [0.2, 0.25) is 0 Å². The standard InChI is InChI=1S/C8H16F2N2/c1-7-5-12(6-8(9)10)4-3-11(7)2/h7-8H,3-6H2,1-2H3. The fraction of sp³-hybridized carbons (Fsp3) is 1.00. The summed E-state index contributed by atoms with van der Waals surface area (Å²) in [5.74, 6) is 0. The molecule has 1 aliphatic heterocycles. The highest BCUT2D eigenvalue weighted by molar-refractivity contribution is 4.76. The maximum atomic E-state index is 12.0. The molecule has 1 saturated heterocycles. The molecule has 0 aromatic heterocycles. The zero-order valence-electron chi connectivity index (χ0n) is 7.63. The lowest BCUT2D eigenvalue weighted by atomic mass is 10.2. The van der Waals surface area contributed by atoms with Gasteiger partial charge in [0, 0.05) is 25.7 Å². The quantitative estimate of drug-likeness (QED) is 0.619. The number of hydrogen-bond acceptors (Lipinski definition) is 2. The van der Waals surface area contributed by atoms with E-state index >= 15 is 0 Å². The van der Waals surface area contributed by atoms with Gasteiger partial charge < -0.3 is 4.90 Å². The Morgan fingerprint density at radius 1 is 1.42 bits per heavy atom. The average molecular weight is 178 g/mol. The van der Waals surface area contributed by atoms with Gasteiger partial charge in [0.25, 0.3) is 6.43 Å². The Balaban J connectivity index is 2.30. The van der Waals surface area contributed by atoms with Crippen LogP contribution < -0.4 is 0 Å². The van der Waals surface area contributed by atoms with Crippen LogP contribution in [-0.4, -0.2) is 55.5 Å². The van der Waals surface area contributed by atoms with Gasteiger partial charge in [-0.25, -0.2) is 8.78 Å². The molecule has 0 amide bonds. The van der Waals surface area contributed by atoms with Crippen molar-refractivity contribution in [2.75, 3.05) is 33.2 Å².